The Hall–Kier alpha value is -3.22. The average Bonchev–Trinajstić information content (AvgIpc) is 2.82. The van der Waals surface area contributed by atoms with Gasteiger partial charge in [-0.2, -0.15) is 0 Å². The minimum atomic E-state index is -0.511. The summed E-state index contributed by atoms with van der Waals surface area (Å²) in [6, 6.07) is 12.0. The van der Waals surface area contributed by atoms with Crippen molar-refractivity contribution in [2.24, 2.45) is 0 Å². The summed E-state index contributed by atoms with van der Waals surface area (Å²) in [4.78, 5) is 29.8. The molecule has 0 radical (unpaired) electrons. The Morgan fingerprint density at radius 2 is 1.71 bits per heavy atom. The Labute approximate surface area is 202 Å². The Kier molecular flexibility index (Phi) is 7.00. The lowest BCUT2D eigenvalue weighted by molar-refractivity contribution is 0.0224. The summed E-state index contributed by atoms with van der Waals surface area (Å²) in [6.45, 7) is 8.80. The second-order valence-electron chi connectivity index (χ2n) is 10.1. The first kappa shape index (κ1) is 23.9. The number of fused-ring (bicyclic) bond motifs is 1. The molecule has 2 heterocycles. The molecule has 0 aromatic heterocycles. The van der Waals surface area contributed by atoms with E-state index in [-0.39, 0.29) is 12.0 Å². The number of carbonyl (C=O) groups is 2. The zero-order valence-corrected chi connectivity index (χ0v) is 20.7. The molecule has 0 bridgehead atoms. The summed E-state index contributed by atoms with van der Waals surface area (Å²) < 4.78 is 5.51. The number of nitrogens with one attached hydrogen (secondary N) is 2. The van der Waals surface area contributed by atoms with Gasteiger partial charge >= 0.3 is 6.09 Å². The highest BCUT2D eigenvalue weighted by atomic mass is 16.6. The van der Waals surface area contributed by atoms with Crippen LogP contribution < -0.4 is 15.5 Å². The van der Waals surface area contributed by atoms with Gasteiger partial charge in [-0.3, -0.25) is 4.79 Å². The number of rotatable bonds is 4. The standard InChI is InChI=1S/C27H36N4O3/c1-27(2,3)34-26(33)31-15-12-19-16-21(9-8-20(19)18-31)29-25(32)23-17-22(10-11-24(23)28-4)30-13-6-5-7-14-30/h8-11,16-17,28H,5-7,12-15,18H2,1-4H3,(H,29,32). The van der Waals surface area contributed by atoms with Crippen LogP contribution in [0.15, 0.2) is 36.4 Å². The van der Waals surface area contributed by atoms with Crippen LogP contribution in [0.2, 0.25) is 0 Å². The summed E-state index contributed by atoms with van der Waals surface area (Å²) in [7, 11) is 1.84. The molecular formula is C27H36N4O3. The molecule has 0 spiro atoms. The van der Waals surface area contributed by atoms with Gasteiger partial charge in [-0.05, 0) is 87.9 Å². The summed E-state index contributed by atoms with van der Waals surface area (Å²) in [5.41, 5.74) is 5.02. The molecule has 2 N–H and O–H groups in total. The lowest BCUT2D eigenvalue weighted by Crippen LogP contribution is -2.39. The number of piperidine rings is 1. The van der Waals surface area contributed by atoms with Gasteiger partial charge in [0, 0.05) is 50.3 Å². The maximum atomic E-state index is 13.2. The number of hydrogen-bond donors (Lipinski definition) is 2. The maximum Gasteiger partial charge on any atom is 0.410 e. The molecule has 1 fully saturated rings. The van der Waals surface area contributed by atoms with E-state index in [4.69, 9.17) is 4.74 Å². The topological polar surface area (TPSA) is 73.9 Å². The molecule has 7 heteroatoms. The lowest BCUT2D eigenvalue weighted by Gasteiger charge is -2.31. The minimum Gasteiger partial charge on any atom is -0.444 e. The van der Waals surface area contributed by atoms with Crippen molar-refractivity contribution in [1.82, 2.24) is 4.90 Å². The molecule has 1 saturated heterocycles. The van der Waals surface area contributed by atoms with E-state index in [0.717, 1.165) is 47.7 Å². The maximum absolute atomic E-state index is 13.2. The van der Waals surface area contributed by atoms with Gasteiger partial charge in [0.1, 0.15) is 5.60 Å². The summed E-state index contributed by atoms with van der Waals surface area (Å²) in [5.74, 6) is -0.130. The first-order valence-electron chi connectivity index (χ1n) is 12.2. The molecule has 2 aliphatic heterocycles. The third-order valence-corrected chi connectivity index (χ3v) is 6.37. The van der Waals surface area contributed by atoms with Crippen LogP contribution in [0.4, 0.5) is 21.9 Å². The molecule has 34 heavy (non-hydrogen) atoms. The van der Waals surface area contributed by atoms with Gasteiger partial charge in [0.15, 0.2) is 0 Å². The van der Waals surface area contributed by atoms with Gasteiger partial charge in [0.05, 0.1) is 5.56 Å². The van der Waals surface area contributed by atoms with Crippen molar-refractivity contribution in [3.8, 4) is 0 Å². The van der Waals surface area contributed by atoms with Crippen LogP contribution in [0.3, 0.4) is 0 Å². The van der Waals surface area contributed by atoms with Gasteiger partial charge in [-0.25, -0.2) is 4.79 Å². The van der Waals surface area contributed by atoms with Gasteiger partial charge in [0.25, 0.3) is 5.91 Å². The number of amides is 2. The van der Waals surface area contributed by atoms with Crippen LogP contribution in [0.1, 0.15) is 61.5 Å². The first-order chi connectivity index (χ1) is 16.2. The molecule has 2 aromatic rings. The fraction of sp³-hybridized carbons (Fsp3) is 0.481. The molecular weight excluding hydrogens is 428 g/mol. The van der Waals surface area contributed by atoms with Crippen LogP contribution >= 0.6 is 0 Å². The largest absolute Gasteiger partial charge is 0.444 e. The predicted octanol–water partition coefficient (Wildman–Crippen LogP) is 5.26. The first-order valence-corrected chi connectivity index (χ1v) is 12.2. The molecule has 4 rings (SSSR count). The summed E-state index contributed by atoms with van der Waals surface area (Å²) in [6.07, 6.45) is 4.09. The highest BCUT2D eigenvalue weighted by Gasteiger charge is 2.26. The smallest absolute Gasteiger partial charge is 0.410 e. The number of anilines is 3. The number of hydrogen-bond acceptors (Lipinski definition) is 5. The van der Waals surface area contributed by atoms with E-state index >= 15 is 0 Å². The van der Waals surface area contributed by atoms with Gasteiger partial charge in [-0.1, -0.05) is 6.07 Å². The Morgan fingerprint density at radius 3 is 2.41 bits per heavy atom. The molecule has 2 aromatic carbocycles. The van der Waals surface area contributed by atoms with Crippen molar-refractivity contribution in [1.29, 1.82) is 0 Å². The van der Waals surface area contributed by atoms with E-state index in [1.807, 2.05) is 58.2 Å². The third kappa shape index (κ3) is 5.64. The summed E-state index contributed by atoms with van der Waals surface area (Å²) >= 11 is 0. The number of benzene rings is 2. The lowest BCUT2D eigenvalue weighted by atomic mass is 9.99. The molecule has 2 aliphatic rings. The molecule has 0 saturated carbocycles. The van der Waals surface area contributed by atoms with E-state index < -0.39 is 5.60 Å². The molecule has 0 aliphatic carbocycles. The average molecular weight is 465 g/mol. The van der Waals surface area contributed by atoms with Crippen molar-refractivity contribution in [2.75, 3.05) is 42.2 Å². The van der Waals surface area contributed by atoms with E-state index in [1.165, 1.54) is 19.3 Å². The van der Waals surface area contributed by atoms with E-state index in [2.05, 4.69) is 21.6 Å². The highest BCUT2D eigenvalue weighted by Crippen LogP contribution is 2.28. The quantitative estimate of drug-likeness (QED) is 0.645. The monoisotopic (exact) mass is 464 g/mol. The Balaban J connectivity index is 1.47. The molecule has 7 nitrogen and oxygen atoms in total. The second kappa shape index (κ2) is 9.95. The minimum absolute atomic E-state index is 0.130. The van der Waals surface area contributed by atoms with Crippen LogP contribution in [-0.2, 0) is 17.7 Å². The Bertz CT molecular complexity index is 1050. The van der Waals surface area contributed by atoms with E-state index in [9.17, 15) is 9.59 Å². The molecule has 182 valence electrons. The van der Waals surface area contributed by atoms with Crippen molar-refractivity contribution in [2.45, 2.75) is 58.6 Å². The van der Waals surface area contributed by atoms with Crippen molar-refractivity contribution >= 4 is 29.1 Å². The zero-order chi connectivity index (χ0) is 24.3. The van der Waals surface area contributed by atoms with Crippen LogP contribution in [0.5, 0.6) is 0 Å². The van der Waals surface area contributed by atoms with Crippen molar-refractivity contribution in [3.63, 3.8) is 0 Å². The van der Waals surface area contributed by atoms with Gasteiger partial charge < -0.3 is 25.2 Å². The highest BCUT2D eigenvalue weighted by molar-refractivity contribution is 6.08. The number of carbonyl (C=O) groups excluding carboxylic acids is 2. The number of nitrogens with zero attached hydrogens (tertiary/aromatic N) is 2. The van der Waals surface area contributed by atoms with E-state index in [0.29, 0.717) is 18.7 Å². The molecule has 0 atom stereocenters. The molecule has 2 amide bonds. The van der Waals surface area contributed by atoms with Gasteiger partial charge in [-0.15, -0.1) is 0 Å². The molecule has 0 unspecified atom stereocenters. The fourth-order valence-corrected chi connectivity index (χ4v) is 4.60. The SMILES string of the molecule is CNc1ccc(N2CCCCC2)cc1C(=O)Nc1ccc2c(c1)CCN(C(=O)OC(C)(C)C)C2. The zero-order valence-electron chi connectivity index (χ0n) is 20.7. The van der Waals surface area contributed by atoms with Crippen LogP contribution in [-0.4, -0.2) is 49.2 Å². The van der Waals surface area contributed by atoms with Crippen molar-refractivity contribution in [3.05, 3.63) is 53.1 Å². The van der Waals surface area contributed by atoms with Crippen LogP contribution in [0, 0.1) is 0 Å². The summed E-state index contributed by atoms with van der Waals surface area (Å²) in [5, 5.41) is 6.22. The normalized spacial score (nSPS) is 16.0. The van der Waals surface area contributed by atoms with E-state index in [1.54, 1.807) is 4.90 Å². The predicted molar refractivity (Wildman–Crippen MR) is 137 cm³/mol. The second-order valence-corrected chi connectivity index (χ2v) is 10.1. The third-order valence-electron chi connectivity index (χ3n) is 6.37. The van der Waals surface area contributed by atoms with Crippen LogP contribution in [0.25, 0.3) is 0 Å². The number of ether oxygens (including phenoxy) is 1. The Morgan fingerprint density at radius 1 is 0.941 bits per heavy atom. The fourth-order valence-electron chi connectivity index (χ4n) is 4.60. The van der Waals surface area contributed by atoms with Gasteiger partial charge in [0.2, 0.25) is 0 Å². The van der Waals surface area contributed by atoms with Crippen molar-refractivity contribution < 1.29 is 14.3 Å².